The van der Waals surface area contributed by atoms with E-state index in [4.69, 9.17) is 27.9 Å². The Labute approximate surface area is 212 Å². The Morgan fingerprint density at radius 2 is 2.26 bits per heavy atom. The molecule has 6 N–H and O–H groups in total. The van der Waals surface area contributed by atoms with Gasteiger partial charge in [-0.1, -0.05) is 39.9 Å². The fourth-order valence-electron chi connectivity index (χ4n) is 3.89. The van der Waals surface area contributed by atoms with Crippen molar-refractivity contribution in [1.29, 1.82) is 0 Å². The number of halogens is 1. The van der Waals surface area contributed by atoms with E-state index >= 15 is 0 Å². The molecular formula is C20H20ClN7O5S2. The number of carboxylic acid groups (broad SMARTS) is 1. The van der Waals surface area contributed by atoms with Crippen LogP contribution in [0.3, 0.4) is 0 Å². The van der Waals surface area contributed by atoms with E-state index in [1.165, 1.54) is 23.8 Å². The zero-order valence-electron chi connectivity index (χ0n) is 18.2. The number of oxime groups is 1. The first kappa shape index (κ1) is 24.9. The van der Waals surface area contributed by atoms with E-state index in [9.17, 15) is 19.5 Å². The first-order valence-electron chi connectivity index (χ1n) is 10.2. The van der Waals surface area contributed by atoms with Gasteiger partial charge in [0, 0.05) is 22.5 Å². The largest absolute Gasteiger partial charge is 0.477 e. The van der Waals surface area contributed by atoms with E-state index < -0.39 is 29.9 Å². The number of nitrogen functional groups attached to an aromatic ring is 1. The molecule has 15 heteroatoms. The van der Waals surface area contributed by atoms with Gasteiger partial charge in [0.25, 0.3) is 11.8 Å². The highest BCUT2D eigenvalue weighted by Gasteiger charge is 2.54. The average Bonchev–Trinajstić information content (AvgIpc) is 3.17. The van der Waals surface area contributed by atoms with Crippen molar-refractivity contribution >= 4 is 63.3 Å². The van der Waals surface area contributed by atoms with Crippen molar-refractivity contribution in [3.05, 3.63) is 44.7 Å². The van der Waals surface area contributed by atoms with Gasteiger partial charge in [0.15, 0.2) is 10.8 Å². The fourth-order valence-corrected chi connectivity index (χ4v) is 5.98. The van der Waals surface area contributed by atoms with Gasteiger partial charge in [0.1, 0.15) is 28.9 Å². The number of carboxylic acids is 1. The molecule has 1 saturated heterocycles. The minimum Gasteiger partial charge on any atom is -0.477 e. The van der Waals surface area contributed by atoms with E-state index in [0.29, 0.717) is 23.4 Å². The van der Waals surface area contributed by atoms with Crippen molar-refractivity contribution < 1.29 is 24.3 Å². The standard InChI is InChI=1S/C20H20ClN7O5S2/c1-33-27-14(13-16(21)35-20(23)26-13)17(29)25-12-9-4-5-11(15(19(31)32)28(9)18(12)30)34-10-3-2-6-24-8(10)7-22/h2-3,6,9,12H,4-5,7,22H2,1H3,(H2,23,26)(H,25,29)(H,31,32)/b27-14-/t9-,12+/m1/s1. The third-order valence-electron chi connectivity index (χ3n) is 5.38. The number of hydrogen-bond acceptors (Lipinski definition) is 11. The number of pyridine rings is 1. The number of carbonyl (C=O) groups is 3. The molecule has 0 unspecified atom stereocenters. The van der Waals surface area contributed by atoms with Gasteiger partial charge in [0.05, 0.1) is 11.7 Å². The van der Waals surface area contributed by atoms with Crippen LogP contribution in [0.5, 0.6) is 0 Å². The molecule has 2 aliphatic rings. The maximum absolute atomic E-state index is 13.0. The van der Waals surface area contributed by atoms with Crippen LogP contribution in [0.25, 0.3) is 0 Å². The number of rotatable bonds is 8. The molecule has 12 nitrogen and oxygen atoms in total. The lowest BCUT2D eigenvalue weighted by Crippen LogP contribution is -2.72. The quantitative estimate of drug-likeness (QED) is 0.216. The number of carbonyl (C=O) groups excluding carboxylic acids is 2. The van der Waals surface area contributed by atoms with Gasteiger partial charge in [-0.05, 0) is 25.0 Å². The van der Waals surface area contributed by atoms with Gasteiger partial charge in [-0.25, -0.2) is 9.78 Å². The van der Waals surface area contributed by atoms with Gasteiger partial charge in [-0.3, -0.25) is 19.5 Å². The number of hydrogen-bond donors (Lipinski definition) is 4. The number of fused-ring (bicyclic) bond motifs is 1. The summed E-state index contributed by atoms with van der Waals surface area (Å²) >= 11 is 8.29. The van der Waals surface area contributed by atoms with E-state index in [1.54, 1.807) is 18.3 Å². The average molecular weight is 538 g/mol. The number of amides is 2. The number of nitrogens with zero attached hydrogens (tertiary/aromatic N) is 4. The molecule has 0 aliphatic carbocycles. The van der Waals surface area contributed by atoms with Crippen LogP contribution in [0.2, 0.25) is 4.34 Å². The molecule has 0 saturated carbocycles. The highest BCUT2D eigenvalue weighted by atomic mass is 35.5. The summed E-state index contributed by atoms with van der Waals surface area (Å²) in [5, 5.41) is 16.3. The molecule has 0 radical (unpaired) electrons. The molecule has 2 atom stereocenters. The lowest BCUT2D eigenvalue weighted by molar-refractivity contribution is -0.155. The molecule has 2 aromatic heterocycles. The van der Waals surface area contributed by atoms with Crippen LogP contribution in [0.15, 0.2) is 39.0 Å². The van der Waals surface area contributed by atoms with Crippen LogP contribution in [-0.4, -0.2) is 62.7 Å². The number of β-lactam (4-membered cyclic amide) rings is 1. The maximum atomic E-state index is 13.0. The van der Waals surface area contributed by atoms with Crippen LogP contribution in [0.4, 0.5) is 5.13 Å². The van der Waals surface area contributed by atoms with Crippen molar-refractivity contribution in [2.75, 3.05) is 12.8 Å². The molecule has 0 spiro atoms. The summed E-state index contributed by atoms with van der Waals surface area (Å²) in [6, 6.07) is 2.05. The second kappa shape index (κ2) is 10.2. The molecular weight excluding hydrogens is 518 g/mol. The number of aromatic nitrogens is 2. The number of nitrogens with one attached hydrogen (secondary N) is 1. The molecule has 2 aliphatic heterocycles. The summed E-state index contributed by atoms with van der Waals surface area (Å²) in [7, 11) is 1.25. The summed E-state index contributed by atoms with van der Waals surface area (Å²) in [5.74, 6) is -2.54. The predicted molar refractivity (Wildman–Crippen MR) is 130 cm³/mol. The Morgan fingerprint density at radius 3 is 2.89 bits per heavy atom. The van der Waals surface area contributed by atoms with Crippen LogP contribution >= 0.6 is 34.7 Å². The molecule has 1 fully saturated rings. The molecule has 35 heavy (non-hydrogen) atoms. The van der Waals surface area contributed by atoms with E-state index in [2.05, 4.69) is 20.4 Å². The first-order valence-corrected chi connectivity index (χ1v) is 12.2. The summed E-state index contributed by atoms with van der Waals surface area (Å²) in [4.78, 5) is 53.5. The van der Waals surface area contributed by atoms with E-state index in [1.807, 2.05) is 0 Å². The third kappa shape index (κ3) is 4.69. The van der Waals surface area contributed by atoms with Gasteiger partial charge < -0.3 is 26.7 Å². The number of nitrogens with two attached hydrogens (primary N) is 2. The zero-order valence-corrected chi connectivity index (χ0v) is 20.6. The highest BCUT2D eigenvalue weighted by Crippen LogP contribution is 2.43. The van der Waals surface area contributed by atoms with Gasteiger partial charge in [0.2, 0.25) is 0 Å². The number of aliphatic carboxylic acids is 1. The van der Waals surface area contributed by atoms with E-state index in [0.717, 1.165) is 16.2 Å². The third-order valence-corrected chi connectivity index (χ3v) is 7.70. The Kier molecular flexibility index (Phi) is 7.25. The van der Waals surface area contributed by atoms with Gasteiger partial charge in [-0.15, -0.1) is 0 Å². The Hall–Kier alpha value is -3.20. The van der Waals surface area contributed by atoms with Gasteiger partial charge >= 0.3 is 5.97 Å². The van der Waals surface area contributed by atoms with Crippen molar-refractivity contribution in [3.63, 3.8) is 0 Å². The van der Waals surface area contributed by atoms with E-state index in [-0.39, 0.29) is 33.1 Å². The molecule has 4 rings (SSSR count). The monoisotopic (exact) mass is 537 g/mol. The zero-order chi connectivity index (χ0) is 25.3. The summed E-state index contributed by atoms with van der Waals surface area (Å²) in [5.41, 5.74) is 11.7. The van der Waals surface area contributed by atoms with Crippen LogP contribution in [0, 0.1) is 0 Å². The molecule has 4 heterocycles. The second-order valence-corrected chi connectivity index (χ2v) is 10.2. The number of thioether (sulfide) groups is 1. The number of allylic oxidation sites excluding steroid dienone is 1. The minimum absolute atomic E-state index is 0.0257. The molecule has 2 amide bonds. The summed E-state index contributed by atoms with van der Waals surface area (Å²) < 4.78 is 0.137. The van der Waals surface area contributed by atoms with Crippen LogP contribution in [-0.2, 0) is 25.8 Å². The minimum atomic E-state index is -1.24. The lowest BCUT2D eigenvalue weighted by Gasteiger charge is -2.50. The number of anilines is 1. The SMILES string of the molecule is CO/N=C(\C(=O)N[C@@H]1C(=O)N2C(C(=O)O)=C(Sc3cccnc3CN)CC[C@H]12)c1nc(N)sc1Cl. The van der Waals surface area contributed by atoms with Crippen molar-refractivity contribution in [3.8, 4) is 0 Å². The lowest BCUT2D eigenvalue weighted by atomic mass is 9.86. The smallest absolute Gasteiger partial charge is 0.353 e. The number of thiazole rings is 1. The Morgan fingerprint density at radius 1 is 1.49 bits per heavy atom. The van der Waals surface area contributed by atoms with Crippen LogP contribution in [0.1, 0.15) is 24.2 Å². The normalized spacial score (nSPS) is 19.8. The van der Waals surface area contributed by atoms with Crippen molar-refractivity contribution in [2.45, 2.75) is 36.4 Å². The molecule has 0 aromatic carbocycles. The highest BCUT2D eigenvalue weighted by molar-refractivity contribution is 8.03. The Bertz CT molecular complexity index is 1260. The van der Waals surface area contributed by atoms with Crippen LogP contribution < -0.4 is 16.8 Å². The Balaban J connectivity index is 1.56. The molecule has 184 valence electrons. The maximum Gasteiger partial charge on any atom is 0.353 e. The molecule has 2 aromatic rings. The second-order valence-electron chi connectivity index (χ2n) is 7.39. The fraction of sp³-hybridized carbons (Fsp3) is 0.300. The summed E-state index contributed by atoms with van der Waals surface area (Å²) in [6.45, 7) is 0.193. The molecule has 0 bridgehead atoms. The first-order chi connectivity index (χ1) is 16.8. The predicted octanol–water partition coefficient (Wildman–Crippen LogP) is 1.16. The summed E-state index contributed by atoms with van der Waals surface area (Å²) in [6.07, 6.45) is 2.44. The topological polar surface area (TPSA) is 186 Å². The van der Waals surface area contributed by atoms with Crippen molar-refractivity contribution in [2.24, 2.45) is 10.9 Å². The van der Waals surface area contributed by atoms with Gasteiger partial charge in [-0.2, -0.15) is 0 Å². The van der Waals surface area contributed by atoms with Crippen molar-refractivity contribution in [1.82, 2.24) is 20.2 Å².